The largest absolute Gasteiger partial charge is 0.497 e. The molecule has 0 atom stereocenters. The molecule has 9 heteroatoms. The summed E-state index contributed by atoms with van der Waals surface area (Å²) in [6.45, 7) is 3.10. The van der Waals surface area contributed by atoms with Crippen molar-refractivity contribution in [3.8, 4) is 17.1 Å². The molecule has 4 rings (SSSR count). The number of ether oxygens (including phenoxy) is 1. The van der Waals surface area contributed by atoms with Gasteiger partial charge in [0.2, 0.25) is 17.6 Å². The maximum absolute atomic E-state index is 13.2. The molecule has 1 aliphatic rings. The van der Waals surface area contributed by atoms with E-state index in [2.05, 4.69) is 15.0 Å². The lowest BCUT2D eigenvalue weighted by Crippen LogP contribution is -2.47. The highest BCUT2D eigenvalue weighted by Gasteiger charge is 2.21. The zero-order chi connectivity index (χ0) is 22.5. The van der Waals surface area contributed by atoms with Crippen molar-refractivity contribution in [3.05, 3.63) is 70.8 Å². The number of amides is 1. The monoisotopic (exact) mass is 456 g/mol. The molecule has 0 radical (unpaired) electrons. The minimum Gasteiger partial charge on any atom is -0.497 e. The van der Waals surface area contributed by atoms with E-state index in [0.29, 0.717) is 50.0 Å². The standard InChI is InChI=1S/C23H22ClFN4O3/c1-31-18-6-4-17(5-7-18)23-26-21(32-27-23)15-28-10-12-29(13-11-28)22(30)9-3-16-2-8-20(25)19(24)14-16/h2-9,14H,10-13,15H2,1H3. The van der Waals surface area contributed by atoms with E-state index in [0.717, 1.165) is 11.3 Å². The molecule has 0 saturated carbocycles. The Kier molecular flexibility index (Phi) is 6.82. The van der Waals surface area contributed by atoms with Crippen LogP contribution in [0.3, 0.4) is 0 Å². The average molecular weight is 457 g/mol. The van der Waals surface area contributed by atoms with Crippen molar-refractivity contribution in [2.75, 3.05) is 33.3 Å². The van der Waals surface area contributed by atoms with Crippen molar-refractivity contribution in [2.45, 2.75) is 6.54 Å². The Labute approximate surface area is 190 Å². The topological polar surface area (TPSA) is 71.7 Å². The minimum atomic E-state index is -0.483. The molecule has 0 spiro atoms. The normalized spacial score (nSPS) is 14.8. The van der Waals surface area contributed by atoms with Gasteiger partial charge in [-0.25, -0.2) is 4.39 Å². The average Bonchev–Trinajstić information content (AvgIpc) is 3.28. The Morgan fingerprint density at radius 1 is 1.19 bits per heavy atom. The summed E-state index contributed by atoms with van der Waals surface area (Å²) in [6, 6.07) is 11.8. The van der Waals surface area contributed by atoms with E-state index >= 15 is 0 Å². The van der Waals surface area contributed by atoms with Crippen molar-refractivity contribution in [2.24, 2.45) is 0 Å². The SMILES string of the molecule is COc1ccc(-c2noc(CN3CCN(C(=O)C=Cc4ccc(F)c(Cl)c4)CC3)n2)cc1. The first-order valence-corrected chi connectivity index (χ1v) is 10.5. The molecule has 1 amide bonds. The summed E-state index contributed by atoms with van der Waals surface area (Å²) < 4.78 is 23.8. The quantitative estimate of drug-likeness (QED) is 0.524. The fourth-order valence-corrected chi connectivity index (χ4v) is 3.57. The third-order valence-corrected chi connectivity index (χ3v) is 5.51. The summed E-state index contributed by atoms with van der Waals surface area (Å²) in [6.07, 6.45) is 3.12. The lowest BCUT2D eigenvalue weighted by atomic mass is 10.2. The van der Waals surface area contributed by atoms with Crippen LogP contribution in [0.1, 0.15) is 11.5 Å². The van der Waals surface area contributed by atoms with Crippen molar-refractivity contribution < 1.29 is 18.4 Å². The molecule has 0 N–H and O–H groups in total. The molecule has 1 aromatic heterocycles. The van der Waals surface area contributed by atoms with Gasteiger partial charge in [0.25, 0.3) is 0 Å². The van der Waals surface area contributed by atoms with Gasteiger partial charge in [-0.05, 0) is 48.0 Å². The van der Waals surface area contributed by atoms with Gasteiger partial charge in [-0.2, -0.15) is 4.98 Å². The summed E-state index contributed by atoms with van der Waals surface area (Å²) in [5.74, 6) is 1.25. The number of hydrogen-bond donors (Lipinski definition) is 0. The van der Waals surface area contributed by atoms with Gasteiger partial charge in [0.05, 0.1) is 18.7 Å². The second-order valence-electron chi connectivity index (χ2n) is 7.35. The molecule has 0 aliphatic carbocycles. The first-order valence-electron chi connectivity index (χ1n) is 10.1. The predicted molar refractivity (Wildman–Crippen MR) is 119 cm³/mol. The van der Waals surface area contributed by atoms with Gasteiger partial charge < -0.3 is 14.2 Å². The number of carbonyl (C=O) groups is 1. The highest BCUT2D eigenvalue weighted by atomic mass is 35.5. The Morgan fingerprint density at radius 2 is 1.94 bits per heavy atom. The van der Waals surface area contributed by atoms with Gasteiger partial charge in [-0.1, -0.05) is 22.8 Å². The number of aromatic nitrogens is 2. The van der Waals surface area contributed by atoms with E-state index < -0.39 is 5.82 Å². The highest BCUT2D eigenvalue weighted by Crippen LogP contribution is 2.20. The van der Waals surface area contributed by atoms with Crippen LogP contribution in [0, 0.1) is 5.82 Å². The van der Waals surface area contributed by atoms with E-state index in [1.54, 1.807) is 24.2 Å². The van der Waals surface area contributed by atoms with Crippen LogP contribution in [0.4, 0.5) is 4.39 Å². The number of carbonyl (C=O) groups excluding carboxylic acids is 1. The molecule has 166 valence electrons. The second-order valence-corrected chi connectivity index (χ2v) is 7.76. The highest BCUT2D eigenvalue weighted by molar-refractivity contribution is 6.30. The summed E-state index contributed by atoms with van der Waals surface area (Å²) in [5, 5.41) is 4.09. The molecule has 2 aromatic carbocycles. The van der Waals surface area contributed by atoms with Gasteiger partial charge in [-0.3, -0.25) is 9.69 Å². The maximum Gasteiger partial charge on any atom is 0.246 e. The van der Waals surface area contributed by atoms with Crippen LogP contribution in [0.15, 0.2) is 53.1 Å². The van der Waals surface area contributed by atoms with E-state index in [-0.39, 0.29) is 10.9 Å². The number of hydrogen-bond acceptors (Lipinski definition) is 6. The van der Waals surface area contributed by atoms with E-state index in [9.17, 15) is 9.18 Å². The number of halogens is 2. The van der Waals surface area contributed by atoms with Gasteiger partial charge in [0.1, 0.15) is 11.6 Å². The zero-order valence-corrected chi connectivity index (χ0v) is 18.3. The van der Waals surface area contributed by atoms with E-state index in [4.69, 9.17) is 20.9 Å². The van der Waals surface area contributed by atoms with Crippen LogP contribution in [-0.2, 0) is 11.3 Å². The molecule has 32 heavy (non-hydrogen) atoms. The molecule has 0 bridgehead atoms. The molecule has 2 heterocycles. The molecule has 1 fully saturated rings. The van der Waals surface area contributed by atoms with Crippen molar-refractivity contribution in [1.29, 1.82) is 0 Å². The molecule has 1 aliphatic heterocycles. The summed E-state index contributed by atoms with van der Waals surface area (Å²) in [5.41, 5.74) is 1.53. The Balaban J connectivity index is 1.28. The van der Waals surface area contributed by atoms with Gasteiger partial charge in [-0.15, -0.1) is 0 Å². The van der Waals surface area contributed by atoms with Gasteiger partial charge in [0, 0.05) is 37.8 Å². The minimum absolute atomic E-state index is 0.0318. The third-order valence-electron chi connectivity index (χ3n) is 5.22. The molecular formula is C23H22ClFN4O3. The maximum atomic E-state index is 13.2. The zero-order valence-electron chi connectivity index (χ0n) is 17.5. The molecule has 1 saturated heterocycles. The van der Waals surface area contributed by atoms with Crippen LogP contribution >= 0.6 is 11.6 Å². The first kappa shape index (κ1) is 22.0. The molecule has 7 nitrogen and oxygen atoms in total. The van der Waals surface area contributed by atoms with Gasteiger partial charge >= 0.3 is 0 Å². The fraction of sp³-hybridized carbons (Fsp3) is 0.261. The number of nitrogens with zero attached hydrogens (tertiary/aromatic N) is 4. The summed E-state index contributed by atoms with van der Waals surface area (Å²) in [7, 11) is 1.62. The molecular weight excluding hydrogens is 435 g/mol. The fourth-order valence-electron chi connectivity index (χ4n) is 3.38. The first-order chi connectivity index (χ1) is 15.5. The number of piperazine rings is 1. The molecule has 3 aromatic rings. The number of benzene rings is 2. The number of methoxy groups -OCH3 is 1. The van der Waals surface area contributed by atoms with Crippen LogP contribution in [-0.4, -0.2) is 59.1 Å². The van der Waals surface area contributed by atoms with E-state index in [1.165, 1.54) is 18.2 Å². The lowest BCUT2D eigenvalue weighted by molar-refractivity contribution is -0.127. The Morgan fingerprint density at radius 3 is 2.62 bits per heavy atom. The van der Waals surface area contributed by atoms with Crippen LogP contribution in [0.25, 0.3) is 17.5 Å². The number of rotatable bonds is 6. The van der Waals surface area contributed by atoms with Crippen LogP contribution in [0.2, 0.25) is 5.02 Å². The third kappa shape index (κ3) is 5.33. The lowest BCUT2D eigenvalue weighted by Gasteiger charge is -2.33. The predicted octanol–water partition coefficient (Wildman–Crippen LogP) is 3.90. The summed E-state index contributed by atoms with van der Waals surface area (Å²) in [4.78, 5) is 20.9. The van der Waals surface area contributed by atoms with Gasteiger partial charge in [0.15, 0.2) is 0 Å². The smallest absolute Gasteiger partial charge is 0.246 e. The molecule has 0 unspecified atom stereocenters. The van der Waals surface area contributed by atoms with Crippen molar-refractivity contribution in [3.63, 3.8) is 0 Å². The van der Waals surface area contributed by atoms with E-state index in [1.807, 2.05) is 24.3 Å². The summed E-state index contributed by atoms with van der Waals surface area (Å²) >= 11 is 5.78. The second kappa shape index (κ2) is 9.93. The Bertz CT molecular complexity index is 1110. The van der Waals surface area contributed by atoms with Crippen LogP contribution in [0.5, 0.6) is 5.75 Å². The van der Waals surface area contributed by atoms with Crippen molar-refractivity contribution in [1.82, 2.24) is 19.9 Å². The van der Waals surface area contributed by atoms with Crippen molar-refractivity contribution >= 4 is 23.6 Å². The Hall–Kier alpha value is -3.23. The van der Waals surface area contributed by atoms with Crippen LogP contribution < -0.4 is 4.74 Å².